The van der Waals surface area contributed by atoms with E-state index in [1.165, 1.54) is 32.7 Å². The Morgan fingerprint density at radius 3 is 2.56 bits per heavy atom. The van der Waals surface area contributed by atoms with Gasteiger partial charge in [-0.3, -0.25) is 4.90 Å². The molecule has 1 N–H and O–H groups in total. The Morgan fingerprint density at radius 1 is 1.22 bits per heavy atom. The van der Waals surface area contributed by atoms with E-state index >= 15 is 0 Å². The van der Waals surface area contributed by atoms with Crippen molar-refractivity contribution in [3.8, 4) is 5.88 Å². The molecular weight excluding hydrogens is 410 g/mol. The van der Waals surface area contributed by atoms with Crippen LogP contribution in [0.2, 0.25) is 5.02 Å². The van der Waals surface area contributed by atoms with E-state index in [0.29, 0.717) is 41.0 Å². The molecule has 1 fully saturated rings. The molecule has 144 valence electrons. The van der Waals surface area contributed by atoms with Crippen LogP contribution >= 0.6 is 22.9 Å². The molecule has 11 heteroatoms. The molecule has 0 amide bonds. The van der Waals surface area contributed by atoms with Gasteiger partial charge < -0.3 is 5.11 Å². The maximum atomic E-state index is 11.8. The van der Waals surface area contributed by atoms with E-state index in [2.05, 4.69) is 15.0 Å². The first-order valence-electron chi connectivity index (χ1n) is 8.31. The number of rotatable bonds is 4. The fourth-order valence-electron chi connectivity index (χ4n) is 3.37. The summed E-state index contributed by atoms with van der Waals surface area (Å²) in [4.78, 5) is 7.57. The fraction of sp³-hybridized carbons (Fsp3) is 0.375. The minimum absolute atomic E-state index is 0.0305. The first-order valence-corrected chi connectivity index (χ1v) is 11.4. The Bertz CT molecular complexity index is 1070. The summed E-state index contributed by atoms with van der Waals surface area (Å²) >= 11 is 7.82. The molecule has 0 radical (unpaired) electrons. The van der Waals surface area contributed by atoms with Gasteiger partial charge in [0.15, 0.2) is 0 Å². The van der Waals surface area contributed by atoms with Crippen LogP contribution in [0.15, 0.2) is 30.6 Å². The van der Waals surface area contributed by atoms with Crippen molar-refractivity contribution in [1.82, 2.24) is 23.8 Å². The molecule has 1 aromatic carbocycles. The zero-order valence-electron chi connectivity index (χ0n) is 14.5. The minimum atomic E-state index is -3.22. The molecule has 0 saturated carbocycles. The van der Waals surface area contributed by atoms with E-state index < -0.39 is 10.0 Å². The molecule has 8 nitrogen and oxygen atoms in total. The van der Waals surface area contributed by atoms with Crippen molar-refractivity contribution in [2.75, 3.05) is 32.4 Å². The highest BCUT2D eigenvalue weighted by Gasteiger charge is 2.34. The number of nitrogens with zero attached hydrogens (tertiary/aromatic N) is 5. The van der Waals surface area contributed by atoms with Gasteiger partial charge in [-0.25, -0.2) is 13.4 Å². The zero-order valence-corrected chi connectivity index (χ0v) is 16.9. The average molecular weight is 428 g/mol. The third kappa shape index (κ3) is 3.43. The Kier molecular flexibility index (Phi) is 4.85. The van der Waals surface area contributed by atoms with Crippen LogP contribution in [0.1, 0.15) is 16.5 Å². The van der Waals surface area contributed by atoms with E-state index in [-0.39, 0.29) is 11.9 Å². The lowest BCUT2D eigenvalue weighted by Crippen LogP contribution is -2.49. The third-order valence-corrected chi connectivity index (χ3v) is 7.43. The third-order valence-electron chi connectivity index (χ3n) is 4.69. The second-order valence-electron chi connectivity index (χ2n) is 6.37. The van der Waals surface area contributed by atoms with Crippen molar-refractivity contribution in [1.29, 1.82) is 0 Å². The van der Waals surface area contributed by atoms with Gasteiger partial charge in [0.1, 0.15) is 6.33 Å². The SMILES string of the molecule is CS(=O)(=O)N1CCN([C@@H](c2ccccc2Cl)c2sc3ncnn3c2O)CC1. The predicted molar refractivity (Wildman–Crippen MR) is 104 cm³/mol. The highest BCUT2D eigenvalue weighted by Crippen LogP contribution is 2.42. The first kappa shape index (κ1) is 18.6. The standard InChI is InChI=1S/C16H18ClN5O3S2/c1-27(24,25)21-8-6-20(7-9-21)13(11-4-2-3-5-12(11)17)14-15(23)22-16(26-14)18-10-19-22/h2-5,10,13,23H,6-9H2,1H3/t13-/m0/s1. The van der Waals surface area contributed by atoms with Gasteiger partial charge >= 0.3 is 0 Å². The van der Waals surface area contributed by atoms with Crippen LogP contribution in [0, 0.1) is 0 Å². The molecule has 0 unspecified atom stereocenters. The number of hydrogen-bond donors (Lipinski definition) is 1. The Morgan fingerprint density at radius 2 is 1.93 bits per heavy atom. The highest BCUT2D eigenvalue weighted by atomic mass is 35.5. The van der Waals surface area contributed by atoms with E-state index in [0.717, 1.165) is 5.56 Å². The minimum Gasteiger partial charge on any atom is -0.492 e. The molecule has 1 saturated heterocycles. The molecular formula is C16H18ClN5O3S2. The Balaban J connectivity index is 1.75. The number of halogens is 1. The van der Waals surface area contributed by atoms with Crippen molar-refractivity contribution in [2.24, 2.45) is 0 Å². The van der Waals surface area contributed by atoms with Crippen LogP contribution in [-0.4, -0.2) is 69.8 Å². The number of piperazine rings is 1. The molecule has 4 rings (SSSR count). The molecule has 1 atom stereocenters. The monoisotopic (exact) mass is 427 g/mol. The van der Waals surface area contributed by atoms with Gasteiger partial charge in [0.2, 0.25) is 20.9 Å². The number of sulfonamides is 1. The summed E-state index contributed by atoms with van der Waals surface area (Å²) in [5, 5.41) is 15.4. The molecule has 3 aromatic rings. The zero-order chi connectivity index (χ0) is 19.2. The lowest BCUT2D eigenvalue weighted by Gasteiger charge is -2.38. The molecule has 3 heterocycles. The smallest absolute Gasteiger partial charge is 0.230 e. The van der Waals surface area contributed by atoms with Gasteiger partial charge in [0.05, 0.1) is 17.2 Å². The van der Waals surface area contributed by atoms with Crippen LogP contribution < -0.4 is 0 Å². The summed E-state index contributed by atoms with van der Waals surface area (Å²) in [5.74, 6) is 0.0305. The van der Waals surface area contributed by atoms with Crippen LogP contribution in [0.4, 0.5) is 0 Å². The van der Waals surface area contributed by atoms with Crippen molar-refractivity contribution in [2.45, 2.75) is 6.04 Å². The lowest BCUT2D eigenvalue weighted by atomic mass is 10.0. The van der Waals surface area contributed by atoms with Crippen LogP contribution in [0.25, 0.3) is 4.96 Å². The summed E-state index contributed by atoms with van der Waals surface area (Å²) < 4.78 is 26.5. The van der Waals surface area contributed by atoms with Crippen LogP contribution in [0.5, 0.6) is 5.88 Å². The quantitative estimate of drug-likeness (QED) is 0.682. The number of thiazole rings is 1. The summed E-state index contributed by atoms with van der Waals surface area (Å²) in [6, 6.07) is 7.17. The number of hydrogen-bond acceptors (Lipinski definition) is 7. The molecule has 0 bridgehead atoms. The Hall–Kier alpha value is -1.72. The fourth-order valence-corrected chi connectivity index (χ4v) is 5.51. The summed E-state index contributed by atoms with van der Waals surface area (Å²) in [7, 11) is -3.22. The van der Waals surface area contributed by atoms with E-state index in [4.69, 9.17) is 11.6 Å². The normalized spacial score (nSPS) is 18.1. The molecule has 0 aliphatic carbocycles. The van der Waals surface area contributed by atoms with Gasteiger partial charge in [-0.05, 0) is 11.6 Å². The second-order valence-corrected chi connectivity index (χ2v) is 9.77. The number of aromatic nitrogens is 3. The predicted octanol–water partition coefficient (Wildman–Crippen LogP) is 1.82. The Labute approximate surface area is 165 Å². The topological polar surface area (TPSA) is 91.0 Å². The van der Waals surface area contributed by atoms with Gasteiger partial charge in [0.25, 0.3) is 0 Å². The maximum Gasteiger partial charge on any atom is 0.230 e. The second kappa shape index (κ2) is 7.02. The van der Waals surface area contributed by atoms with E-state index in [1.54, 1.807) is 0 Å². The first-order chi connectivity index (χ1) is 12.9. The van der Waals surface area contributed by atoms with Gasteiger partial charge in [-0.15, -0.1) is 0 Å². The van der Waals surface area contributed by atoms with Crippen molar-refractivity contribution in [3.05, 3.63) is 46.1 Å². The number of aromatic hydroxyl groups is 1. The molecule has 27 heavy (non-hydrogen) atoms. The molecule has 0 spiro atoms. The van der Waals surface area contributed by atoms with Crippen LogP contribution in [-0.2, 0) is 10.0 Å². The number of fused-ring (bicyclic) bond motifs is 1. The van der Waals surface area contributed by atoms with Crippen LogP contribution in [0.3, 0.4) is 0 Å². The molecule has 1 aliphatic rings. The lowest BCUT2D eigenvalue weighted by molar-refractivity contribution is 0.156. The summed E-state index contributed by atoms with van der Waals surface area (Å²) in [6.45, 7) is 1.83. The largest absolute Gasteiger partial charge is 0.492 e. The van der Waals surface area contributed by atoms with E-state index in [9.17, 15) is 13.5 Å². The maximum absolute atomic E-state index is 11.8. The van der Waals surface area contributed by atoms with E-state index in [1.807, 2.05) is 24.3 Å². The van der Waals surface area contributed by atoms with Crippen molar-refractivity contribution >= 4 is 37.9 Å². The molecule has 1 aliphatic heterocycles. The van der Waals surface area contributed by atoms with Gasteiger partial charge in [-0.1, -0.05) is 41.1 Å². The average Bonchev–Trinajstić information content (AvgIpc) is 3.20. The molecule has 2 aromatic heterocycles. The summed E-state index contributed by atoms with van der Waals surface area (Å²) in [5.41, 5.74) is 0.853. The van der Waals surface area contributed by atoms with Crippen molar-refractivity contribution < 1.29 is 13.5 Å². The van der Waals surface area contributed by atoms with Gasteiger partial charge in [0, 0.05) is 31.2 Å². The number of benzene rings is 1. The highest BCUT2D eigenvalue weighted by molar-refractivity contribution is 7.88. The summed E-state index contributed by atoms with van der Waals surface area (Å²) in [6.07, 6.45) is 2.62. The van der Waals surface area contributed by atoms with Crippen molar-refractivity contribution in [3.63, 3.8) is 0 Å². The van der Waals surface area contributed by atoms with Gasteiger partial charge in [-0.2, -0.15) is 13.9 Å².